The molecular weight excluding hydrogens is 266 g/mol. The fraction of sp³-hybridized carbons (Fsp3) is 0.529. The lowest BCUT2D eigenvalue weighted by molar-refractivity contribution is -0.148. The Morgan fingerprint density at radius 3 is 2.76 bits per heavy atom. The summed E-state index contributed by atoms with van der Waals surface area (Å²) < 4.78 is 10.9. The van der Waals surface area contributed by atoms with E-state index in [-0.39, 0.29) is 11.9 Å². The van der Waals surface area contributed by atoms with Crippen molar-refractivity contribution in [3.63, 3.8) is 0 Å². The van der Waals surface area contributed by atoms with Crippen molar-refractivity contribution in [2.24, 2.45) is 11.8 Å². The van der Waals surface area contributed by atoms with Gasteiger partial charge >= 0.3 is 5.97 Å². The van der Waals surface area contributed by atoms with Crippen LogP contribution in [0.4, 0.5) is 0 Å². The minimum absolute atomic E-state index is 0.162. The summed E-state index contributed by atoms with van der Waals surface area (Å²) in [4.78, 5) is 16.6. The van der Waals surface area contributed by atoms with Crippen LogP contribution in [0.3, 0.4) is 0 Å². The van der Waals surface area contributed by atoms with Crippen molar-refractivity contribution in [2.75, 3.05) is 6.61 Å². The summed E-state index contributed by atoms with van der Waals surface area (Å²) >= 11 is 0. The molecule has 0 amide bonds. The molecule has 2 aromatic rings. The summed E-state index contributed by atoms with van der Waals surface area (Å²) in [6, 6.07) is 5.86. The van der Waals surface area contributed by atoms with Crippen LogP contribution in [0.5, 0.6) is 0 Å². The molecule has 0 saturated heterocycles. The van der Waals surface area contributed by atoms with E-state index in [0.717, 1.165) is 23.1 Å². The summed E-state index contributed by atoms with van der Waals surface area (Å²) in [6.07, 6.45) is 1.27. The van der Waals surface area contributed by atoms with Gasteiger partial charge < -0.3 is 9.15 Å². The van der Waals surface area contributed by atoms with Gasteiger partial charge in [0.25, 0.3) is 0 Å². The van der Waals surface area contributed by atoms with Crippen LogP contribution in [0.15, 0.2) is 22.6 Å². The zero-order valence-corrected chi connectivity index (χ0v) is 13.2. The van der Waals surface area contributed by atoms with E-state index in [1.54, 1.807) is 0 Å². The molecule has 2 rings (SSSR count). The van der Waals surface area contributed by atoms with Crippen LogP contribution in [-0.4, -0.2) is 17.6 Å². The van der Waals surface area contributed by atoms with Crippen LogP contribution in [-0.2, 0) is 16.0 Å². The molecule has 1 aromatic heterocycles. The molecule has 0 aliphatic rings. The minimum Gasteiger partial charge on any atom is -0.466 e. The number of carbonyl (C=O) groups is 1. The summed E-state index contributed by atoms with van der Waals surface area (Å²) in [7, 11) is 0. The zero-order chi connectivity index (χ0) is 15.4. The molecule has 1 atom stereocenters. The topological polar surface area (TPSA) is 52.3 Å². The molecule has 0 fully saturated rings. The molecule has 1 aromatic carbocycles. The van der Waals surface area contributed by atoms with Crippen molar-refractivity contribution >= 4 is 17.1 Å². The Bertz CT molecular complexity index is 616. The lowest BCUT2D eigenvalue weighted by Crippen LogP contribution is -2.22. The van der Waals surface area contributed by atoms with Crippen LogP contribution in [0.1, 0.15) is 38.6 Å². The lowest BCUT2D eigenvalue weighted by Gasteiger charge is -2.15. The molecular formula is C17H23NO3. The molecule has 4 nitrogen and oxygen atoms in total. The first-order chi connectivity index (χ1) is 10.0. The first-order valence-electron chi connectivity index (χ1n) is 7.53. The Kier molecular flexibility index (Phi) is 4.99. The van der Waals surface area contributed by atoms with E-state index in [9.17, 15) is 4.79 Å². The quantitative estimate of drug-likeness (QED) is 0.757. The summed E-state index contributed by atoms with van der Waals surface area (Å²) in [5, 5.41) is 0. The number of hydrogen-bond acceptors (Lipinski definition) is 4. The van der Waals surface area contributed by atoms with Gasteiger partial charge in [0, 0.05) is 6.42 Å². The average molecular weight is 289 g/mol. The van der Waals surface area contributed by atoms with E-state index in [1.165, 1.54) is 0 Å². The van der Waals surface area contributed by atoms with Crippen LogP contribution < -0.4 is 0 Å². The third kappa shape index (κ3) is 3.84. The van der Waals surface area contributed by atoms with Gasteiger partial charge in [0.2, 0.25) is 0 Å². The largest absolute Gasteiger partial charge is 0.466 e. The highest BCUT2D eigenvalue weighted by Crippen LogP contribution is 2.23. The molecule has 21 heavy (non-hydrogen) atoms. The predicted octanol–water partition coefficient (Wildman–Crippen LogP) is 3.90. The summed E-state index contributed by atoms with van der Waals surface area (Å²) in [5.74, 6) is 0.673. The molecule has 1 unspecified atom stereocenters. The number of oxazole rings is 1. The van der Waals surface area contributed by atoms with E-state index in [1.807, 2.05) is 32.0 Å². The SMILES string of the molecule is CCOC(=O)C(Cc1nc2c(C)cccc2o1)CC(C)C. The van der Waals surface area contributed by atoms with Crippen LogP contribution in [0.2, 0.25) is 0 Å². The number of fused-ring (bicyclic) bond motifs is 1. The number of carbonyl (C=O) groups excluding carboxylic acids is 1. The first-order valence-corrected chi connectivity index (χ1v) is 7.53. The second-order valence-corrected chi connectivity index (χ2v) is 5.81. The van der Waals surface area contributed by atoms with Gasteiger partial charge in [-0.25, -0.2) is 4.98 Å². The van der Waals surface area contributed by atoms with Gasteiger partial charge in [-0.2, -0.15) is 0 Å². The Balaban J connectivity index is 2.21. The molecule has 0 N–H and O–H groups in total. The zero-order valence-electron chi connectivity index (χ0n) is 13.2. The van der Waals surface area contributed by atoms with Crippen molar-refractivity contribution in [3.8, 4) is 0 Å². The van der Waals surface area contributed by atoms with E-state index in [0.29, 0.717) is 24.8 Å². The molecule has 0 saturated carbocycles. The lowest BCUT2D eigenvalue weighted by atomic mass is 9.94. The van der Waals surface area contributed by atoms with E-state index in [2.05, 4.69) is 18.8 Å². The van der Waals surface area contributed by atoms with Crippen LogP contribution in [0.25, 0.3) is 11.1 Å². The van der Waals surface area contributed by atoms with Crippen molar-refractivity contribution in [3.05, 3.63) is 29.7 Å². The van der Waals surface area contributed by atoms with Gasteiger partial charge in [-0.1, -0.05) is 26.0 Å². The second-order valence-electron chi connectivity index (χ2n) is 5.81. The summed E-state index contributed by atoms with van der Waals surface area (Å²) in [5.41, 5.74) is 2.73. The first kappa shape index (κ1) is 15.5. The summed E-state index contributed by atoms with van der Waals surface area (Å²) in [6.45, 7) is 8.43. The minimum atomic E-state index is -0.196. The van der Waals surface area contributed by atoms with Crippen molar-refractivity contribution in [1.82, 2.24) is 4.98 Å². The molecule has 0 radical (unpaired) electrons. The number of benzene rings is 1. The number of rotatable bonds is 6. The Hall–Kier alpha value is -1.84. The number of nitrogens with zero attached hydrogens (tertiary/aromatic N) is 1. The van der Waals surface area contributed by atoms with Crippen LogP contribution in [0, 0.1) is 18.8 Å². The molecule has 0 bridgehead atoms. The Morgan fingerprint density at radius 2 is 2.14 bits per heavy atom. The number of hydrogen-bond donors (Lipinski definition) is 0. The van der Waals surface area contributed by atoms with Crippen molar-refractivity contribution in [2.45, 2.75) is 40.5 Å². The van der Waals surface area contributed by atoms with Gasteiger partial charge in [0.1, 0.15) is 5.52 Å². The third-order valence-electron chi connectivity index (χ3n) is 3.46. The number of aromatic nitrogens is 1. The number of aryl methyl sites for hydroxylation is 1. The maximum atomic E-state index is 12.1. The van der Waals surface area contributed by atoms with E-state index < -0.39 is 0 Å². The highest BCUT2D eigenvalue weighted by molar-refractivity contribution is 5.76. The molecule has 4 heteroatoms. The molecule has 0 aliphatic carbocycles. The normalized spacial score (nSPS) is 12.8. The fourth-order valence-corrected chi connectivity index (χ4v) is 2.52. The number of esters is 1. The van der Waals surface area contributed by atoms with Gasteiger partial charge in [-0.15, -0.1) is 0 Å². The predicted molar refractivity (Wildman–Crippen MR) is 82.0 cm³/mol. The van der Waals surface area contributed by atoms with Gasteiger partial charge in [0.15, 0.2) is 11.5 Å². The molecule has 114 valence electrons. The second kappa shape index (κ2) is 6.74. The van der Waals surface area contributed by atoms with E-state index in [4.69, 9.17) is 9.15 Å². The molecule has 1 heterocycles. The maximum Gasteiger partial charge on any atom is 0.309 e. The fourth-order valence-electron chi connectivity index (χ4n) is 2.52. The Morgan fingerprint density at radius 1 is 1.38 bits per heavy atom. The van der Waals surface area contributed by atoms with Gasteiger partial charge in [0.05, 0.1) is 12.5 Å². The smallest absolute Gasteiger partial charge is 0.309 e. The third-order valence-corrected chi connectivity index (χ3v) is 3.46. The van der Waals surface area contributed by atoms with Crippen molar-refractivity contribution in [1.29, 1.82) is 0 Å². The highest BCUT2D eigenvalue weighted by atomic mass is 16.5. The van der Waals surface area contributed by atoms with Gasteiger partial charge in [-0.3, -0.25) is 4.79 Å². The van der Waals surface area contributed by atoms with E-state index >= 15 is 0 Å². The molecule has 0 spiro atoms. The average Bonchev–Trinajstić information content (AvgIpc) is 2.82. The highest BCUT2D eigenvalue weighted by Gasteiger charge is 2.24. The molecule has 0 aliphatic heterocycles. The Labute approximate surface area is 125 Å². The number of ether oxygens (including phenoxy) is 1. The van der Waals surface area contributed by atoms with Crippen LogP contribution >= 0.6 is 0 Å². The maximum absolute atomic E-state index is 12.1. The van der Waals surface area contributed by atoms with Gasteiger partial charge in [-0.05, 0) is 37.8 Å². The van der Waals surface area contributed by atoms with Crippen molar-refractivity contribution < 1.29 is 13.9 Å². The standard InChI is InChI=1S/C17H23NO3/c1-5-20-17(19)13(9-11(2)3)10-15-18-16-12(4)7-6-8-14(16)21-15/h6-8,11,13H,5,9-10H2,1-4H3. The number of para-hydroxylation sites is 1. The monoisotopic (exact) mass is 289 g/mol.